The largest absolute Gasteiger partial charge is 0.506 e. The van der Waals surface area contributed by atoms with Crippen molar-refractivity contribution in [3.63, 3.8) is 0 Å². The maximum absolute atomic E-state index is 12.0. The van der Waals surface area contributed by atoms with E-state index in [0.717, 1.165) is 6.42 Å². The van der Waals surface area contributed by atoms with Gasteiger partial charge in [-0.3, -0.25) is 4.57 Å². The van der Waals surface area contributed by atoms with Gasteiger partial charge in [0.2, 0.25) is 0 Å². The first-order valence-corrected chi connectivity index (χ1v) is 8.39. The number of nitrogens with one attached hydrogen (secondary N) is 1. The predicted octanol–water partition coefficient (Wildman–Crippen LogP) is 0.860. The summed E-state index contributed by atoms with van der Waals surface area (Å²) in [6.45, 7) is 0.315. The molecule has 0 spiro atoms. The molecule has 0 radical (unpaired) electrons. The molecule has 2 heterocycles. The van der Waals surface area contributed by atoms with Crippen molar-refractivity contribution in [3.8, 4) is 5.75 Å². The molecule has 1 fully saturated rings. The van der Waals surface area contributed by atoms with E-state index >= 15 is 0 Å². The van der Waals surface area contributed by atoms with E-state index < -0.39 is 9.84 Å². The molecule has 108 valence electrons. The maximum Gasteiger partial charge on any atom is 0.326 e. The van der Waals surface area contributed by atoms with Crippen LogP contribution in [0.5, 0.6) is 5.75 Å². The van der Waals surface area contributed by atoms with Crippen LogP contribution >= 0.6 is 0 Å². The van der Waals surface area contributed by atoms with Crippen molar-refractivity contribution >= 4 is 20.9 Å². The van der Waals surface area contributed by atoms with Gasteiger partial charge in [-0.2, -0.15) is 0 Å². The Morgan fingerprint density at radius 1 is 1.40 bits per heavy atom. The minimum Gasteiger partial charge on any atom is -0.506 e. The Morgan fingerprint density at radius 2 is 2.20 bits per heavy atom. The summed E-state index contributed by atoms with van der Waals surface area (Å²) in [5.41, 5.74) is 0.693. The van der Waals surface area contributed by atoms with Crippen LogP contribution in [0.1, 0.15) is 12.8 Å². The number of fused-ring (bicyclic) bond motifs is 1. The first-order valence-electron chi connectivity index (χ1n) is 6.57. The lowest BCUT2D eigenvalue weighted by Crippen LogP contribution is -2.31. The minimum atomic E-state index is -3.00. The van der Waals surface area contributed by atoms with Crippen LogP contribution in [0.15, 0.2) is 23.0 Å². The summed E-state index contributed by atoms with van der Waals surface area (Å²) >= 11 is 0. The van der Waals surface area contributed by atoms with Crippen LogP contribution in [0.3, 0.4) is 0 Å². The summed E-state index contributed by atoms with van der Waals surface area (Å²) in [6.07, 6.45) is 1.42. The molecule has 7 heteroatoms. The maximum atomic E-state index is 12.0. The number of imidazole rings is 1. The highest BCUT2D eigenvalue weighted by Crippen LogP contribution is 2.25. The molecule has 0 saturated carbocycles. The van der Waals surface area contributed by atoms with Gasteiger partial charge in [0.15, 0.2) is 9.84 Å². The van der Waals surface area contributed by atoms with Crippen molar-refractivity contribution in [1.29, 1.82) is 0 Å². The van der Waals surface area contributed by atoms with Crippen molar-refractivity contribution in [1.82, 2.24) is 9.55 Å². The van der Waals surface area contributed by atoms with E-state index in [1.54, 1.807) is 12.1 Å². The van der Waals surface area contributed by atoms with Crippen molar-refractivity contribution in [2.45, 2.75) is 19.4 Å². The molecule has 1 aromatic heterocycles. The quantitative estimate of drug-likeness (QED) is 0.859. The normalized spacial score (nSPS) is 22.1. The van der Waals surface area contributed by atoms with E-state index in [2.05, 4.69) is 4.98 Å². The minimum absolute atomic E-state index is 0.0273. The van der Waals surface area contributed by atoms with E-state index in [-0.39, 0.29) is 28.9 Å². The average Bonchev–Trinajstić information content (AvgIpc) is 2.66. The van der Waals surface area contributed by atoms with Crippen LogP contribution < -0.4 is 5.69 Å². The second-order valence-electron chi connectivity index (χ2n) is 5.34. The van der Waals surface area contributed by atoms with Crippen LogP contribution in [0, 0.1) is 5.92 Å². The van der Waals surface area contributed by atoms with Gasteiger partial charge in [0.25, 0.3) is 0 Å². The number of hydrogen-bond donors (Lipinski definition) is 2. The highest BCUT2D eigenvalue weighted by atomic mass is 32.2. The smallest absolute Gasteiger partial charge is 0.326 e. The number of sulfone groups is 1. The van der Waals surface area contributed by atoms with Crippen LogP contribution in [-0.2, 0) is 16.4 Å². The Balaban J connectivity index is 1.99. The first-order chi connectivity index (χ1) is 9.46. The van der Waals surface area contributed by atoms with E-state index in [1.165, 1.54) is 10.6 Å². The molecular weight excluding hydrogens is 280 g/mol. The fourth-order valence-corrected chi connectivity index (χ4v) is 4.66. The van der Waals surface area contributed by atoms with Crippen molar-refractivity contribution in [2.24, 2.45) is 5.92 Å². The number of benzene rings is 1. The first kappa shape index (κ1) is 13.2. The molecule has 20 heavy (non-hydrogen) atoms. The second-order valence-corrected chi connectivity index (χ2v) is 7.57. The number of H-pyrrole nitrogens is 1. The number of para-hydroxylation sites is 1. The lowest BCUT2D eigenvalue weighted by molar-refractivity contribution is 0.422. The third-order valence-electron chi connectivity index (χ3n) is 3.77. The fraction of sp³-hybridized carbons (Fsp3) is 0.462. The number of phenolic OH excluding ortho intramolecular Hbond substituents is 1. The summed E-state index contributed by atoms with van der Waals surface area (Å²) in [7, 11) is -3.00. The number of aromatic hydroxyl groups is 1. The van der Waals surface area contributed by atoms with Gasteiger partial charge in [-0.05, 0) is 30.9 Å². The lowest BCUT2D eigenvalue weighted by Gasteiger charge is -2.22. The molecule has 0 amide bonds. The van der Waals surface area contributed by atoms with Gasteiger partial charge >= 0.3 is 5.69 Å². The molecule has 1 aromatic carbocycles. The van der Waals surface area contributed by atoms with Crippen molar-refractivity contribution < 1.29 is 13.5 Å². The monoisotopic (exact) mass is 296 g/mol. The molecule has 0 bridgehead atoms. The van der Waals surface area contributed by atoms with Crippen LogP contribution in [-0.4, -0.2) is 34.6 Å². The van der Waals surface area contributed by atoms with Gasteiger partial charge < -0.3 is 10.1 Å². The zero-order valence-corrected chi connectivity index (χ0v) is 11.7. The zero-order valence-electron chi connectivity index (χ0n) is 10.9. The summed E-state index contributed by atoms with van der Waals surface area (Å²) in [4.78, 5) is 14.6. The Morgan fingerprint density at radius 3 is 2.95 bits per heavy atom. The molecule has 2 aromatic rings. The number of rotatable bonds is 2. The zero-order chi connectivity index (χ0) is 14.3. The third-order valence-corrected chi connectivity index (χ3v) is 5.66. The number of hydrogen-bond acceptors (Lipinski definition) is 4. The average molecular weight is 296 g/mol. The van der Waals surface area contributed by atoms with Gasteiger partial charge in [-0.25, -0.2) is 13.2 Å². The molecular formula is C13H16N2O4S. The summed E-state index contributed by atoms with van der Waals surface area (Å²) in [5, 5.41) is 9.90. The number of aromatic nitrogens is 2. The lowest BCUT2D eigenvalue weighted by atomic mass is 10.1. The SMILES string of the molecule is O=c1[nH]c2cccc(O)c2n1CC1CCCS(=O)(=O)C1. The second kappa shape index (κ2) is 4.66. The highest BCUT2D eigenvalue weighted by Gasteiger charge is 2.26. The Hall–Kier alpha value is -1.76. The molecule has 1 aliphatic heterocycles. The molecule has 1 saturated heterocycles. The summed E-state index contributed by atoms with van der Waals surface area (Å²) < 4.78 is 24.8. The van der Waals surface area contributed by atoms with Crippen LogP contribution in [0.4, 0.5) is 0 Å². The third kappa shape index (κ3) is 2.33. The van der Waals surface area contributed by atoms with Gasteiger partial charge in [0, 0.05) is 6.54 Å². The van der Waals surface area contributed by atoms with Gasteiger partial charge in [0.05, 0.1) is 17.0 Å². The molecule has 1 atom stereocenters. The number of nitrogens with zero attached hydrogens (tertiary/aromatic N) is 1. The van der Waals surface area contributed by atoms with Crippen molar-refractivity contribution in [2.75, 3.05) is 11.5 Å². The molecule has 0 aliphatic carbocycles. The summed E-state index contributed by atoms with van der Waals surface area (Å²) in [6, 6.07) is 4.89. The number of phenols is 1. The Bertz CT molecular complexity index is 803. The Labute approximate surface area is 116 Å². The number of aromatic amines is 1. The molecule has 3 rings (SSSR count). The molecule has 2 N–H and O–H groups in total. The van der Waals surface area contributed by atoms with Crippen molar-refractivity contribution in [3.05, 3.63) is 28.7 Å². The van der Waals surface area contributed by atoms with Crippen LogP contribution in [0.25, 0.3) is 11.0 Å². The topological polar surface area (TPSA) is 92.2 Å². The summed E-state index contributed by atoms with van der Waals surface area (Å²) in [5.74, 6) is 0.293. The van der Waals surface area contributed by atoms with E-state index in [0.29, 0.717) is 24.0 Å². The molecule has 1 aliphatic rings. The predicted molar refractivity (Wildman–Crippen MR) is 75.6 cm³/mol. The molecule has 1 unspecified atom stereocenters. The standard InChI is InChI=1S/C13H16N2O4S/c16-11-5-1-4-10-12(11)15(13(17)14-10)7-9-3-2-6-20(18,19)8-9/h1,4-5,9,16H,2-3,6-8H2,(H,14,17). The van der Waals surface area contributed by atoms with E-state index in [9.17, 15) is 18.3 Å². The van der Waals surface area contributed by atoms with Gasteiger partial charge in [0.1, 0.15) is 11.3 Å². The van der Waals surface area contributed by atoms with Gasteiger partial charge in [-0.1, -0.05) is 6.07 Å². The van der Waals surface area contributed by atoms with Crippen LogP contribution in [0.2, 0.25) is 0 Å². The fourth-order valence-electron chi connectivity index (χ4n) is 2.89. The molecule has 6 nitrogen and oxygen atoms in total. The Kier molecular flexibility index (Phi) is 3.08. The van der Waals surface area contributed by atoms with Gasteiger partial charge in [-0.15, -0.1) is 0 Å². The van der Waals surface area contributed by atoms with E-state index in [4.69, 9.17) is 0 Å². The van der Waals surface area contributed by atoms with E-state index in [1.807, 2.05) is 0 Å². The highest BCUT2D eigenvalue weighted by molar-refractivity contribution is 7.91.